The van der Waals surface area contributed by atoms with Gasteiger partial charge in [0.15, 0.2) is 0 Å². The van der Waals surface area contributed by atoms with Gasteiger partial charge in [-0.1, -0.05) is 0 Å². The maximum atomic E-state index is 10.7. The van der Waals surface area contributed by atoms with Gasteiger partial charge in [0, 0.05) is 6.04 Å². The molecule has 0 aromatic carbocycles. The first-order chi connectivity index (χ1) is 8.08. The number of hydrogen-bond donors (Lipinski definition) is 4. The zero-order chi connectivity index (χ0) is 12.4. The normalized spacial score (nSPS) is 22.7. The molecule has 17 heavy (non-hydrogen) atoms. The molecular weight excluding hydrogens is 226 g/mol. The number of pyridine rings is 1. The highest BCUT2D eigenvalue weighted by molar-refractivity contribution is 5.54. The van der Waals surface area contributed by atoms with Crippen molar-refractivity contribution in [2.75, 3.05) is 10.7 Å². The second-order valence-electron chi connectivity index (χ2n) is 3.96. The lowest BCUT2D eigenvalue weighted by molar-refractivity contribution is -0.384. The van der Waals surface area contributed by atoms with Crippen molar-refractivity contribution in [1.82, 2.24) is 4.98 Å². The number of nitrogens with two attached hydrogens (primary N) is 1. The lowest BCUT2D eigenvalue weighted by Crippen LogP contribution is -2.39. The maximum Gasteiger partial charge on any atom is 0.276 e. The molecule has 1 heterocycles. The van der Waals surface area contributed by atoms with Crippen LogP contribution in [0.15, 0.2) is 12.1 Å². The number of aromatic nitrogens is 1. The molecule has 1 aliphatic rings. The van der Waals surface area contributed by atoms with Crippen molar-refractivity contribution in [3.8, 4) is 0 Å². The molecule has 0 aliphatic heterocycles. The molecule has 0 spiro atoms. The smallest absolute Gasteiger partial charge is 0.276 e. The van der Waals surface area contributed by atoms with Gasteiger partial charge < -0.3 is 15.8 Å². The van der Waals surface area contributed by atoms with Crippen LogP contribution in [-0.2, 0) is 0 Å². The predicted octanol–water partition coefficient (Wildman–Crippen LogP) is 0.211. The average Bonchev–Trinajstić information content (AvgIpc) is 2.26. The van der Waals surface area contributed by atoms with E-state index in [1.54, 1.807) is 0 Å². The van der Waals surface area contributed by atoms with Gasteiger partial charge in [-0.15, -0.1) is 0 Å². The fraction of sp³-hybridized carbons (Fsp3) is 0.444. The molecular formula is C9H13N5O3. The van der Waals surface area contributed by atoms with Gasteiger partial charge >= 0.3 is 0 Å². The molecule has 8 nitrogen and oxygen atoms in total. The van der Waals surface area contributed by atoms with E-state index in [9.17, 15) is 10.1 Å². The topological polar surface area (TPSA) is 126 Å². The fourth-order valence-electron chi connectivity index (χ4n) is 1.68. The van der Waals surface area contributed by atoms with Gasteiger partial charge in [0.25, 0.3) is 5.69 Å². The highest BCUT2D eigenvalue weighted by Gasteiger charge is 2.27. The maximum absolute atomic E-state index is 10.7. The van der Waals surface area contributed by atoms with E-state index in [0.717, 1.165) is 0 Å². The van der Waals surface area contributed by atoms with Crippen LogP contribution in [0.3, 0.4) is 0 Å². The minimum Gasteiger partial charge on any atom is -0.393 e. The van der Waals surface area contributed by atoms with E-state index in [4.69, 9.17) is 10.9 Å². The molecule has 92 valence electrons. The molecule has 0 saturated heterocycles. The molecule has 0 radical (unpaired) electrons. The third kappa shape index (κ3) is 2.60. The van der Waals surface area contributed by atoms with E-state index in [0.29, 0.717) is 18.7 Å². The second kappa shape index (κ2) is 4.52. The molecule has 1 fully saturated rings. The average molecular weight is 239 g/mol. The molecule has 1 aliphatic carbocycles. The Hall–Kier alpha value is -1.93. The number of nitro groups is 1. The molecule has 0 unspecified atom stereocenters. The number of nitrogens with one attached hydrogen (secondary N) is 2. The summed E-state index contributed by atoms with van der Waals surface area (Å²) >= 11 is 0. The number of nitrogen functional groups attached to an aromatic ring is 1. The number of nitrogens with zero attached hydrogens (tertiary/aromatic N) is 2. The number of hydrazine groups is 1. The van der Waals surface area contributed by atoms with Crippen LogP contribution >= 0.6 is 0 Å². The molecule has 5 N–H and O–H groups in total. The molecule has 1 saturated carbocycles. The second-order valence-corrected chi connectivity index (χ2v) is 3.96. The van der Waals surface area contributed by atoms with Crippen LogP contribution in [0.4, 0.5) is 17.3 Å². The predicted molar refractivity (Wildman–Crippen MR) is 61.4 cm³/mol. The van der Waals surface area contributed by atoms with Crippen LogP contribution < -0.4 is 16.6 Å². The summed E-state index contributed by atoms with van der Waals surface area (Å²) in [6.45, 7) is 0. The molecule has 0 amide bonds. The highest BCUT2D eigenvalue weighted by atomic mass is 16.6. The van der Waals surface area contributed by atoms with Crippen LogP contribution in [0, 0.1) is 10.1 Å². The Morgan fingerprint density at radius 2 is 2.12 bits per heavy atom. The van der Waals surface area contributed by atoms with Crippen molar-refractivity contribution in [3.05, 3.63) is 22.2 Å². The minimum absolute atomic E-state index is 0.0877. The Morgan fingerprint density at radius 1 is 1.47 bits per heavy atom. The molecule has 1 aromatic heterocycles. The summed E-state index contributed by atoms with van der Waals surface area (Å²) in [5.41, 5.74) is 2.19. The number of rotatable bonds is 4. The molecule has 0 atom stereocenters. The number of aliphatic hydroxyl groups is 1. The molecule has 8 heteroatoms. The van der Waals surface area contributed by atoms with Crippen molar-refractivity contribution < 1.29 is 10.0 Å². The number of anilines is 2. The quantitative estimate of drug-likeness (QED) is 0.336. The number of aliphatic hydroxyl groups excluding tert-OH is 1. The first kappa shape index (κ1) is 11.6. The largest absolute Gasteiger partial charge is 0.393 e. The highest BCUT2D eigenvalue weighted by Crippen LogP contribution is 2.26. The van der Waals surface area contributed by atoms with Crippen molar-refractivity contribution in [2.24, 2.45) is 5.84 Å². The summed E-state index contributed by atoms with van der Waals surface area (Å²) in [4.78, 5) is 14.2. The summed E-state index contributed by atoms with van der Waals surface area (Å²) in [6.07, 6.45) is 0.948. The van der Waals surface area contributed by atoms with Gasteiger partial charge in [-0.2, -0.15) is 0 Å². The molecule has 2 rings (SSSR count). The fourth-order valence-corrected chi connectivity index (χ4v) is 1.68. The van der Waals surface area contributed by atoms with E-state index in [2.05, 4.69) is 15.7 Å². The van der Waals surface area contributed by atoms with Crippen molar-refractivity contribution in [3.63, 3.8) is 0 Å². The summed E-state index contributed by atoms with van der Waals surface area (Å²) in [7, 11) is 0. The Bertz CT molecular complexity index is 433. The summed E-state index contributed by atoms with van der Waals surface area (Å²) in [6, 6.07) is 2.69. The van der Waals surface area contributed by atoms with Crippen LogP contribution in [0.1, 0.15) is 12.8 Å². The van der Waals surface area contributed by atoms with Crippen molar-refractivity contribution in [2.45, 2.75) is 25.0 Å². The Balaban J connectivity index is 2.15. The standard InChI is InChI=1S/C9H13N5O3/c10-13-9-4-6(14(16)17)3-8(12-9)11-5-1-7(15)2-5/h3-5,7,15H,1-2,10H2,(H2,11,12,13). The van der Waals surface area contributed by atoms with Gasteiger partial charge in [-0.05, 0) is 12.8 Å². The van der Waals surface area contributed by atoms with Gasteiger partial charge in [-0.3, -0.25) is 10.1 Å². The third-order valence-electron chi connectivity index (χ3n) is 2.63. The van der Waals surface area contributed by atoms with E-state index >= 15 is 0 Å². The Morgan fingerprint density at radius 3 is 2.65 bits per heavy atom. The first-order valence-electron chi connectivity index (χ1n) is 5.16. The van der Waals surface area contributed by atoms with Gasteiger partial charge in [0.05, 0.1) is 23.2 Å². The van der Waals surface area contributed by atoms with Crippen molar-refractivity contribution in [1.29, 1.82) is 0 Å². The molecule has 1 aromatic rings. The minimum atomic E-state index is -0.511. The van der Waals surface area contributed by atoms with Crippen LogP contribution in [-0.4, -0.2) is 27.2 Å². The van der Waals surface area contributed by atoms with Crippen LogP contribution in [0.5, 0.6) is 0 Å². The van der Waals surface area contributed by atoms with Crippen LogP contribution in [0.25, 0.3) is 0 Å². The molecule has 0 bridgehead atoms. The van der Waals surface area contributed by atoms with E-state index in [1.807, 2.05) is 0 Å². The summed E-state index contributed by atoms with van der Waals surface area (Å²) in [5.74, 6) is 5.79. The zero-order valence-corrected chi connectivity index (χ0v) is 8.96. The van der Waals surface area contributed by atoms with Crippen molar-refractivity contribution >= 4 is 17.3 Å². The number of hydrogen-bond acceptors (Lipinski definition) is 7. The Labute approximate surface area is 97.0 Å². The monoisotopic (exact) mass is 239 g/mol. The Kier molecular flexibility index (Phi) is 3.07. The van der Waals surface area contributed by atoms with Crippen LogP contribution in [0.2, 0.25) is 0 Å². The third-order valence-corrected chi connectivity index (χ3v) is 2.63. The summed E-state index contributed by atoms with van der Waals surface area (Å²) < 4.78 is 0. The summed E-state index contributed by atoms with van der Waals surface area (Å²) in [5, 5.41) is 22.8. The van der Waals surface area contributed by atoms with Gasteiger partial charge in [0.2, 0.25) is 0 Å². The zero-order valence-electron chi connectivity index (χ0n) is 8.96. The van der Waals surface area contributed by atoms with E-state index in [1.165, 1.54) is 12.1 Å². The lowest BCUT2D eigenvalue weighted by Gasteiger charge is -2.32. The first-order valence-corrected chi connectivity index (χ1v) is 5.16. The van der Waals surface area contributed by atoms with E-state index in [-0.39, 0.29) is 23.7 Å². The lowest BCUT2D eigenvalue weighted by atomic mass is 9.89. The van der Waals surface area contributed by atoms with Gasteiger partial charge in [-0.25, -0.2) is 10.8 Å². The SMILES string of the molecule is NNc1cc([N+](=O)[O-])cc(NC2CC(O)C2)n1. The van der Waals surface area contributed by atoms with E-state index < -0.39 is 4.92 Å². The van der Waals surface area contributed by atoms with Gasteiger partial charge in [0.1, 0.15) is 11.6 Å².